The van der Waals surface area contributed by atoms with E-state index in [9.17, 15) is 4.79 Å². The van der Waals surface area contributed by atoms with Gasteiger partial charge in [0.15, 0.2) is 0 Å². The number of nitrogens with one attached hydrogen (secondary N) is 1. The van der Waals surface area contributed by atoms with E-state index in [1.165, 1.54) is 12.8 Å². The van der Waals surface area contributed by atoms with Crippen molar-refractivity contribution >= 4 is 18.3 Å². The van der Waals surface area contributed by atoms with Gasteiger partial charge >= 0.3 is 0 Å². The number of amides is 1. The van der Waals surface area contributed by atoms with Crippen molar-refractivity contribution in [2.45, 2.75) is 38.1 Å². The highest BCUT2D eigenvalue weighted by atomic mass is 35.5. The largest absolute Gasteiger partial charge is 0.341 e. The molecule has 4 heteroatoms. The molecule has 0 unspecified atom stereocenters. The first kappa shape index (κ1) is 12.8. The maximum absolute atomic E-state index is 12.0. The Kier molecular flexibility index (Phi) is 4.87. The zero-order chi connectivity index (χ0) is 9.97. The predicted octanol–water partition coefficient (Wildman–Crippen LogP) is 1.42. The van der Waals surface area contributed by atoms with Crippen LogP contribution in [0.2, 0.25) is 0 Å². The number of hydrogen-bond acceptors (Lipinski definition) is 2. The number of halogens is 1. The topological polar surface area (TPSA) is 32.3 Å². The Balaban J connectivity index is 0.00000112. The zero-order valence-corrected chi connectivity index (χ0v) is 10.2. The summed E-state index contributed by atoms with van der Waals surface area (Å²) in [6, 6.07) is 0.528. The van der Waals surface area contributed by atoms with Crippen molar-refractivity contribution in [2.24, 2.45) is 5.92 Å². The summed E-state index contributed by atoms with van der Waals surface area (Å²) in [4.78, 5) is 14.1. The SMILES string of the molecule is CN[C@@H]1CCN(C(=O)C2CCCC2)C1.Cl. The maximum Gasteiger partial charge on any atom is 0.225 e. The van der Waals surface area contributed by atoms with Crippen molar-refractivity contribution in [1.82, 2.24) is 10.2 Å². The Labute approximate surface area is 98.0 Å². The van der Waals surface area contributed by atoms with Crippen LogP contribution in [-0.4, -0.2) is 37.0 Å². The van der Waals surface area contributed by atoms with Crippen LogP contribution in [0.1, 0.15) is 32.1 Å². The van der Waals surface area contributed by atoms with Gasteiger partial charge in [0.1, 0.15) is 0 Å². The molecule has 0 aromatic rings. The highest BCUT2D eigenvalue weighted by Crippen LogP contribution is 2.27. The predicted molar refractivity (Wildman–Crippen MR) is 63.3 cm³/mol. The second-order valence-electron chi connectivity index (χ2n) is 4.54. The molecule has 1 N–H and O–H groups in total. The van der Waals surface area contributed by atoms with Crippen molar-refractivity contribution < 1.29 is 4.79 Å². The third-order valence-electron chi connectivity index (χ3n) is 3.61. The molecule has 1 saturated carbocycles. The van der Waals surface area contributed by atoms with E-state index in [2.05, 4.69) is 10.2 Å². The fourth-order valence-electron chi connectivity index (χ4n) is 2.63. The van der Waals surface area contributed by atoms with Crippen molar-refractivity contribution in [1.29, 1.82) is 0 Å². The lowest BCUT2D eigenvalue weighted by Gasteiger charge is -2.20. The molecule has 88 valence electrons. The van der Waals surface area contributed by atoms with Crippen LogP contribution in [-0.2, 0) is 4.79 Å². The van der Waals surface area contributed by atoms with E-state index in [1.807, 2.05) is 7.05 Å². The minimum atomic E-state index is 0. The number of likely N-dealkylation sites (N-methyl/N-ethyl adjacent to an activating group) is 1. The summed E-state index contributed by atoms with van der Waals surface area (Å²) in [6.07, 6.45) is 5.87. The monoisotopic (exact) mass is 232 g/mol. The van der Waals surface area contributed by atoms with Gasteiger partial charge in [-0.25, -0.2) is 0 Å². The van der Waals surface area contributed by atoms with Crippen LogP contribution in [0.15, 0.2) is 0 Å². The summed E-state index contributed by atoms with van der Waals surface area (Å²) in [5, 5.41) is 3.25. The second-order valence-corrected chi connectivity index (χ2v) is 4.54. The van der Waals surface area contributed by atoms with Crippen LogP contribution in [0.25, 0.3) is 0 Å². The smallest absolute Gasteiger partial charge is 0.225 e. The maximum atomic E-state index is 12.0. The van der Waals surface area contributed by atoms with Gasteiger partial charge in [-0.3, -0.25) is 4.79 Å². The van der Waals surface area contributed by atoms with Crippen molar-refractivity contribution in [2.75, 3.05) is 20.1 Å². The quantitative estimate of drug-likeness (QED) is 0.781. The standard InChI is InChI=1S/C11H20N2O.ClH/c1-12-10-6-7-13(8-10)11(14)9-4-2-3-5-9;/h9-10,12H,2-8H2,1H3;1H/t10-;/m1./s1. The molecule has 0 aromatic carbocycles. The van der Waals surface area contributed by atoms with Crippen molar-refractivity contribution in [3.05, 3.63) is 0 Å². The van der Waals surface area contributed by atoms with Gasteiger partial charge in [-0.2, -0.15) is 0 Å². The highest BCUT2D eigenvalue weighted by molar-refractivity contribution is 5.85. The average Bonchev–Trinajstić information content (AvgIpc) is 2.88. The van der Waals surface area contributed by atoms with Gasteiger partial charge in [-0.1, -0.05) is 12.8 Å². The average molecular weight is 233 g/mol. The molecule has 1 atom stereocenters. The molecule has 1 aliphatic carbocycles. The molecule has 3 nitrogen and oxygen atoms in total. The Hall–Kier alpha value is -0.280. The summed E-state index contributed by atoms with van der Waals surface area (Å²) < 4.78 is 0. The summed E-state index contributed by atoms with van der Waals surface area (Å²) in [5.74, 6) is 0.769. The van der Waals surface area contributed by atoms with Crippen LogP contribution >= 0.6 is 12.4 Å². The molecular weight excluding hydrogens is 212 g/mol. The molecule has 1 saturated heterocycles. The first-order valence-electron chi connectivity index (χ1n) is 5.77. The highest BCUT2D eigenvalue weighted by Gasteiger charge is 2.31. The van der Waals surface area contributed by atoms with Crippen molar-refractivity contribution in [3.63, 3.8) is 0 Å². The Morgan fingerprint density at radius 1 is 1.27 bits per heavy atom. The van der Waals surface area contributed by atoms with Gasteiger partial charge in [0, 0.05) is 25.0 Å². The lowest BCUT2D eigenvalue weighted by atomic mass is 10.1. The van der Waals surface area contributed by atoms with E-state index in [4.69, 9.17) is 0 Å². The molecule has 0 bridgehead atoms. The Bertz CT molecular complexity index is 217. The van der Waals surface area contributed by atoms with Gasteiger partial charge in [0.2, 0.25) is 5.91 Å². The number of hydrogen-bond donors (Lipinski definition) is 1. The number of likely N-dealkylation sites (tertiary alicyclic amines) is 1. The molecule has 2 aliphatic rings. The van der Waals surface area contributed by atoms with E-state index < -0.39 is 0 Å². The molecule has 1 heterocycles. The normalized spacial score (nSPS) is 26.7. The zero-order valence-electron chi connectivity index (χ0n) is 9.37. The van der Waals surface area contributed by atoms with Gasteiger partial charge < -0.3 is 10.2 Å². The second kappa shape index (κ2) is 5.71. The van der Waals surface area contributed by atoms with Crippen molar-refractivity contribution in [3.8, 4) is 0 Å². The molecule has 15 heavy (non-hydrogen) atoms. The molecule has 1 aliphatic heterocycles. The van der Waals surface area contributed by atoms with Gasteiger partial charge in [-0.05, 0) is 26.3 Å². The Morgan fingerprint density at radius 2 is 1.93 bits per heavy atom. The molecule has 0 radical (unpaired) electrons. The van der Waals surface area contributed by atoms with Crippen LogP contribution in [0.5, 0.6) is 0 Å². The number of rotatable bonds is 2. The van der Waals surface area contributed by atoms with Crippen LogP contribution in [0.3, 0.4) is 0 Å². The Morgan fingerprint density at radius 3 is 2.47 bits per heavy atom. The van der Waals surface area contributed by atoms with E-state index in [0.717, 1.165) is 32.4 Å². The van der Waals surface area contributed by atoms with E-state index in [-0.39, 0.29) is 12.4 Å². The lowest BCUT2D eigenvalue weighted by molar-refractivity contribution is -0.134. The van der Waals surface area contributed by atoms with E-state index in [1.54, 1.807) is 0 Å². The summed E-state index contributed by atoms with van der Waals surface area (Å²) >= 11 is 0. The summed E-state index contributed by atoms with van der Waals surface area (Å²) in [7, 11) is 1.98. The molecular formula is C11H21ClN2O. The number of carbonyl (C=O) groups is 1. The van der Waals surface area contributed by atoms with Crippen LogP contribution in [0.4, 0.5) is 0 Å². The first-order valence-corrected chi connectivity index (χ1v) is 5.77. The molecule has 2 rings (SSSR count). The lowest BCUT2D eigenvalue weighted by Crippen LogP contribution is -2.36. The minimum absolute atomic E-state index is 0. The van der Waals surface area contributed by atoms with E-state index in [0.29, 0.717) is 17.9 Å². The summed E-state index contributed by atoms with van der Waals surface area (Å²) in [5.41, 5.74) is 0. The fourth-order valence-corrected chi connectivity index (χ4v) is 2.63. The first-order chi connectivity index (χ1) is 6.81. The minimum Gasteiger partial charge on any atom is -0.341 e. The van der Waals surface area contributed by atoms with Gasteiger partial charge in [0.25, 0.3) is 0 Å². The fraction of sp³-hybridized carbons (Fsp3) is 0.909. The number of carbonyl (C=O) groups excluding carboxylic acids is 1. The third kappa shape index (κ3) is 2.85. The molecule has 2 fully saturated rings. The van der Waals surface area contributed by atoms with E-state index >= 15 is 0 Å². The molecule has 0 aromatic heterocycles. The van der Waals surface area contributed by atoms with Crippen LogP contribution < -0.4 is 5.32 Å². The molecule has 1 amide bonds. The van der Waals surface area contributed by atoms with Crippen LogP contribution in [0, 0.1) is 5.92 Å². The number of nitrogens with zero attached hydrogens (tertiary/aromatic N) is 1. The van der Waals surface area contributed by atoms with Gasteiger partial charge in [0.05, 0.1) is 0 Å². The summed E-state index contributed by atoms with van der Waals surface area (Å²) in [6.45, 7) is 1.88. The van der Waals surface area contributed by atoms with Gasteiger partial charge in [-0.15, -0.1) is 12.4 Å². The molecule has 0 spiro atoms. The third-order valence-corrected chi connectivity index (χ3v) is 3.61.